The lowest BCUT2D eigenvalue weighted by molar-refractivity contribution is -0.0567. The van der Waals surface area contributed by atoms with E-state index in [2.05, 4.69) is 27.2 Å². The minimum atomic E-state index is -0.728. The van der Waals surface area contributed by atoms with E-state index in [1.807, 2.05) is 6.07 Å². The molecule has 2 aliphatic rings. The zero-order valence-electron chi connectivity index (χ0n) is 15.4. The highest BCUT2D eigenvalue weighted by Gasteiger charge is 2.30. The van der Waals surface area contributed by atoms with Gasteiger partial charge in [0.2, 0.25) is 0 Å². The van der Waals surface area contributed by atoms with Gasteiger partial charge < -0.3 is 24.6 Å². The molecule has 2 saturated heterocycles. The molecule has 0 amide bonds. The number of aliphatic hydroxyl groups is 1. The maximum absolute atomic E-state index is 10.6. The molecule has 2 fully saturated rings. The molecule has 3 heterocycles. The van der Waals surface area contributed by atoms with Gasteiger partial charge in [-0.3, -0.25) is 9.89 Å². The average molecular weight is 479 g/mol. The number of rotatable bonds is 5. The summed E-state index contributed by atoms with van der Waals surface area (Å²) in [4.78, 5) is 9.35. The van der Waals surface area contributed by atoms with E-state index in [9.17, 15) is 5.11 Å². The van der Waals surface area contributed by atoms with Crippen LogP contribution in [0.3, 0.4) is 0 Å². The van der Waals surface area contributed by atoms with E-state index in [-0.39, 0.29) is 24.0 Å². The summed E-state index contributed by atoms with van der Waals surface area (Å²) in [5.74, 6) is 0.892. The summed E-state index contributed by atoms with van der Waals surface area (Å²) in [6.45, 7) is 9.09. The molecule has 0 radical (unpaired) electrons. The van der Waals surface area contributed by atoms with E-state index in [4.69, 9.17) is 14.3 Å². The van der Waals surface area contributed by atoms with Crippen molar-refractivity contribution in [3.8, 4) is 0 Å². The van der Waals surface area contributed by atoms with Gasteiger partial charge in [-0.05, 0) is 6.92 Å². The largest absolute Gasteiger partial charge is 0.388 e. The number of aromatic nitrogens is 1. The molecule has 0 aromatic carbocycles. The summed E-state index contributed by atoms with van der Waals surface area (Å²) in [6, 6.07) is 1.91. The van der Waals surface area contributed by atoms with Gasteiger partial charge in [-0.15, -0.1) is 24.0 Å². The highest BCUT2D eigenvalue weighted by atomic mass is 127. The molecule has 0 bridgehead atoms. The molecule has 26 heavy (non-hydrogen) atoms. The van der Waals surface area contributed by atoms with Crippen LogP contribution < -0.4 is 5.32 Å². The number of piperazine rings is 1. The van der Waals surface area contributed by atoms with Gasteiger partial charge in [0.25, 0.3) is 0 Å². The SMILES string of the molecule is CCNC(=NCC1(O)CCOCC1)N1CCN(Cc2ccon2)CC1.I. The van der Waals surface area contributed by atoms with Crippen molar-refractivity contribution in [2.24, 2.45) is 4.99 Å². The normalized spacial score (nSPS) is 21.3. The van der Waals surface area contributed by atoms with Crippen LogP contribution in [0.15, 0.2) is 21.8 Å². The number of hydrogen-bond acceptors (Lipinski definition) is 6. The molecule has 2 aliphatic heterocycles. The summed E-state index contributed by atoms with van der Waals surface area (Å²) < 4.78 is 10.2. The van der Waals surface area contributed by atoms with Crippen LogP contribution in [0.25, 0.3) is 0 Å². The molecule has 0 spiro atoms. The van der Waals surface area contributed by atoms with Crippen molar-refractivity contribution in [1.29, 1.82) is 0 Å². The first kappa shape index (κ1) is 21.4. The van der Waals surface area contributed by atoms with Crippen molar-refractivity contribution in [2.75, 3.05) is 52.5 Å². The Hall–Kier alpha value is -0.910. The predicted molar refractivity (Wildman–Crippen MR) is 110 cm³/mol. The molecule has 9 heteroatoms. The van der Waals surface area contributed by atoms with Crippen molar-refractivity contribution >= 4 is 29.9 Å². The third-order valence-corrected chi connectivity index (χ3v) is 4.83. The lowest BCUT2D eigenvalue weighted by atomic mass is 9.95. The molecule has 1 aromatic rings. The third-order valence-electron chi connectivity index (χ3n) is 4.83. The van der Waals surface area contributed by atoms with Gasteiger partial charge in [0.05, 0.1) is 17.8 Å². The van der Waals surface area contributed by atoms with Gasteiger partial charge in [-0.2, -0.15) is 0 Å². The van der Waals surface area contributed by atoms with Gasteiger partial charge in [-0.1, -0.05) is 5.16 Å². The summed E-state index contributed by atoms with van der Waals surface area (Å²) in [5.41, 5.74) is 0.240. The van der Waals surface area contributed by atoms with Crippen LogP contribution in [0, 0.1) is 0 Å². The fourth-order valence-corrected chi connectivity index (χ4v) is 3.22. The zero-order chi connectivity index (χ0) is 17.5. The van der Waals surface area contributed by atoms with E-state index < -0.39 is 5.60 Å². The highest BCUT2D eigenvalue weighted by Crippen LogP contribution is 2.20. The van der Waals surface area contributed by atoms with E-state index in [0.29, 0.717) is 32.6 Å². The van der Waals surface area contributed by atoms with Crippen molar-refractivity contribution in [1.82, 2.24) is 20.3 Å². The number of guanidine groups is 1. The summed E-state index contributed by atoms with van der Waals surface area (Å²) in [7, 11) is 0. The van der Waals surface area contributed by atoms with Crippen LogP contribution in [0.4, 0.5) is 0 Å². The topological polar surface area (TPSA) is 86.4 Å². The standard InChI is InChI=1S/C17H29N5O3.HI/c1-2-18-16(19-14-17(23)4-11-24-12-5-17)22-8-6-21(7-9-22)13-15-3-10-25-20-15;/h3,10,23H,2,4-9,11-14H2,1H3,(H,18,19);1H. The lowest BCUT2D eigenvalue weighted by Crippen LogP contribution is -2.52. The Labute approximate surface area is 172 Å². The maximum atomic E-state index is 10.6. The molecule has 0 atom stereocenters. The summed E-state index contributed by atoms with van der Waals surface area (Å²) in [5, 5.41) is 18.0. The van der Waals surface area contributed by atoms with Crippen LogP contribution in [0.5, 0.6) is 0 Å². The molecule has 1 aromatic heterocycles. The first-order chi connectivity index (χ1) is 12.2. The molecular weight excluding hydrogens is 449 g/mol. The maximum Gasteiger partial charge on any atom is 0.194 e. The third kappa shape index (κ3) is 6.07. The number of nitrogens with zero attached hydrogens (tertiary/aromatic N) is 4. The molecule has 0 aliphatic carbocycles. The van der Waals surface area contributed by atoms with E-state index in [0.717, 1.165) is 50.9 Å². The molecule has 2 N–H and O–H groups in total. The Morgan fingerprint density at radius 2 is 2.04 bits per heavy atom. The number of nitrogens with one attached hydrogen (secondary N) is 1. The zero-order valence-corrected chi connectivity index (χ0v) is 17.7. The Kier molecular flexibility index (Phi) is 8.58. The molecule has 0 unspecified atom stereocenters. The van der Waals surface area contributed by atoms with Crippen LogP contribution in [-0.4, -0.2) is 84.1 Å². The monoisotopic (exact) mass is 479 g/mol. The van der Waals surface area contributed by atoms with Crippen LogP contribution >= 0.6 is 24.0 Å². The molecule has 0 saturated carbocycles. The average Bonchev–Trinajstić information content (AvgIpc) is 3.13. The minimum Gasteiger partial charge on any atom is -0.388 e. The Bertz CT molecular complexity index is 541. The van der Waals surface area contributed by atoms with E-state index in [1.54, 1.807) is 6.26 Å². The molecule has 148 valence electrons. The molecule has 3 rings (SSSR count). The second-order valence-corrected chi connectivity index (χ2v) is 6.76. The Morgan fingerprint density at radius 3 is 2.65 bits per heavy atom. The van der Waals surface area contributed by atoms with Crippen molar-refractivity contribution < 1.29 is 14.4 Å². The highest BCUT2D eigenvalue weighted by molar-refractivity contribution is 14.0. The van der Waals surface area contributed by atoms with Gasteiger partial charge in [0.1, 0.15) is 6.26 Å². The van der Waals surface area contributed by atoms with Gasteiger partial charge in [0.15, 0.2) is 5.96 Å². The van der Waals surface area contributed by atoms with Gasteiger partial charge in [0, 0.05) is 71.4 Å². The second kappa shape index (κ2) is 10.4. The quantitative estimate of drug-likeness (QED) is 0.369. The fourth-order valence-electron chi connectivity index (χ4n) is 3.22. The molecular formula is C17H30IN5O3. The minimum absolute atomic E-state index is 0. The molecule has 8 nitrogen and oxygen atoms in total. The predicted octanol–water partition coefficient (Wildman–Crippen LogP) is 0.917. The summed E-state index contributed by atoms with van der Waals surface area (Å²) >= 11 is 0. The lowest BCUT2D eigenvalue weighted by Gasteiger charge is -2.37. The van der Waals surface area contributed by atoms with Crippen molar-refractivity contribution in [3.63, 3.8) is 0 Å². The van der Waals surface area contributed by atoms with Gasteiger partial charge in [-0.25, -0.2) is 0 Å². The Balaban J connectivity index is 0.00000243. The van der Waals surface area contributed by atoms with Crippen molar-refractivity contribution in [2.45, 2.75) is 31.9 Å². The van der Waals surface area contributed by atoms with Crippen LogP contribution in [-0.2, 0) is 11.3 Å². The van der Waals surface area contributed by atoms with Gasteiger partial charge >= 0.3 is 0 Å². The number of hydrogen-bond donors (Lipinski definition) is 2. The smallest absolute Gasteiger partial charge is 0.194 e. The summed E-state index contributed by atoms with van der Waals surface area (Å²) in [6.07, 6.45) is 2.92. The number of halogens is 1. The second-order valence-electron chi connectivity index (χ2n) is 6.76. The van der Waals surface area contributed by atoms with Crippen LogP contribution in [0.2, 0.25) is 0 Å². The number of aliphatic imine (C=N–C) groups is 1. The number of ether oxygens (including phenoxy) is 1. The van der Waals surface area contributed by atoms with Crippen LogP contribution in [0.1, 0.15) is 25.5 Å². The van der Waals surface area contributed by atoms with Crippen molar-refractivity contribution in [3.05, 3.63) is 18.0 Å². The fraction of sp³-hybridized carbons (Fsp3) is 0.765. The first-order valence-corrected chi connectivity index (χ1v) is 9.13. The first-order valence-electron chi connectivity index (χ1n) is 9.13. The Morgan fingerprint density at radius 1 is 1.31 bits per heavy atom. The van der Waals surface area contributed by atoms with E-state index in [1.165, 1.54) is 0 Å². The van der Waals surface area contributed by atoms with E-state index >= 15 is 0 Å².